The van der Waals surface area contributed by atoms with Crippen LogP contribution in [0, 0.1) is 16.0 Å². The van der Waals surface area contributed by atoms with Gasteiger partial charge < -0.3 is 9.47 Å². The number of benzene rings is 1. The summed E-state index contributed by atoms with van der Waals surface area (Å²) in [6.45, 7) is 3.99. The van der Waals surface area contributed by atoms with Gasteiger partial charge in [0, 0.05) is 6.07 Å². The topological polar surface area (TPSA) is 78.7 Å². The number of nitro groups is 1. The zero-order valence-corrected chi connectivity index (χ0v) is 11.4. The number of nitro benzene ring substituents is 1. The Morgan fingerprint density at radius 3 is 2.42 bits per heavy atom. The number of methoxy groups -OCH3 is 2. The summed E-state index contributed by atoms with van der Waals surface area (Å²) in [7, 11) is 2.54. The molecule has 0 aromatic heterocycles. The maximum absolute atomic E-state index is 11.8. The van der Waals surface area contributed by atoms with Crippen molar-refractivity contribution in [1.82, 2.24) is 0 Å². The number of hydrogen-bond acceptors (Lipinski definition) is 5. The van der Waals surface area contributed by atoms with Crippen LogP contribution in [0.25, 0.3) is 0 Å². The van der Waals surface area contributed by atoms with Gasteiger partial charge in [-0.3, -0.25) is 10.1 Å². The van der Waals surface area contributed by atoms with Gasteiger partial charge in [-0.2, -0.15) is 0 Å². The average Bonchev–Trinajstić information content (AvgIpc) is 2.36. The second kappa shape index (κ2) is 6.17. The van der Waals surface area contributed by atoms with Crippen molar-refractivity contribution in [2.75, 3.05) is 14.2 Å². The van der Waals surface area contributed by atoms with Crippen molar-refractivity contribution in [2.45, 2.75) is 20.3 Å². The second-order valence-electron chi connectivity index (χ2n) is 4.50. The summed E-state index contributed by atoms with van der Waals surface area (Å²) in [5, 5.41) is 11.0. The molecule has 0 atom stereocenters. The standard InChI is InChI=1S/C13H17NO5/c1-8(2)7-9-5-6-10(14(16)17)12(18-3)11(9)13(15)19-4/h5-6,8H,7H2,1-4H3. The summed E-state index contributed by atoms with van der Waals surface area (Å²) in [6, 6.07) is 2.93. The maximum Gasteiger partial charge on any atom is 0.342 e. The van der Waals surface area contributed by atoms with Gasteiger partial charge in [0.15, 0.2) is 0 Å². The largest absolute Gasteiger partial charge is 0.490 e. The molecule has 0 heterocycles. The summed E-state index contributed by atoms with van der Waals surface area (Å²) in [5.74, 6) is -0.374. The molecule has 0 amide bonds. The van der Waals surface area contributed by atoms with Crippen LogP contribution in [0.15, 0.2) is 12.1 Å². The van der Waals surface area contributed by atoms with Gasteiger partial charge in [0.1, 0.15) is 5.56 Å². The van der Waals surface area contributed by atoms with E-state index in [0.29, 0.717) is 17.9 Å². The lowest BCUT2D eigenvalue weighted by atomic mass is 9.96. The Morgan fingerprint density at radius 1 is 1.37 bits per heavy atom. The Kier molecular flexibility index (Phi) is 4.86. The van der Waals surface area contributed by atoms with Gasteiger partial charge in [-0.25, -0.2) is 4.79 Å². The molecular formula is C13H17NO5. The van der Waals surface area contributed by atoms with E-state index in [-0.39, 0.29) is 17.0 Å². The molecule has 104 valence electrons. The third-order valence-electron chi connectivity index (χ3n) is 2.64. The highest BCUT2D eigenvalue weighted by molar-refractivity contribution is 5.95. The summed E-state index contributed by atoms with van der Waals surface area (Å²) in [4.78, 5) is 22.2. The average molecular weight is 267 g/mol. The van der Waals surface area contributed by atoms with Crippen molar-refractivity contribution < 1.29 is 19.2 Å². The van der Waals surface area contributed by atoms with E-state index >= 15 is 0 Å². The van der Waals surface area contributed by atoms with Crippen LogP contribution in [0.3, 0.4) is 0 Å². The Bertz CT molecular complexity index is 496. The number of carbonyl (C=O) groups is 1. The summed E-state index contributed by atoms with van der Waals surface area (Å²) in [6.07, 6.45) is 0.610. The van der Waals surface area contributed by atoms with Gasteiger partial charge in [-0.05, 0) is 17.9 Å². The molecule has 0 aliphatic carbocycles. The molecule has 0 aliphatic heterocycles. The predicted molar refractivity (Wildman–Crippen MR) is 69.5 cm³/mol. The fourth-order valence-corrected chi connectivity index (χ4v) is 1.90. The number of esters is 1. The van der Waals surface area contributed by atoms with Gasteiger partial charge >= 0.3 is 11.7 Å². The van der Waals surface area contributed by atoms with E-state index < -0.39 is 10.9 Å². The Balaban J connectivity index is 3.50. The van der Waals surface area contributed by atoms with E-state index in [4.69, 9.17) is 9.47 Å². The molecule has 0 saturated carbocycles. The van der Waals surface area contributed by atoms with E-state index in [1.165, 1.54) is 20.3 Å². The van der Waals surface area contributed by atoms with E-state index in [9.17, 15) is 14.9 Å². The van der Waals surface area contributed by atoms with E-state index in [1.807, 2.05) is 13.8 Å². The van der Waals surface area contributed by atoms with E-state index in [0.717, 1.165) is 0 Å². The molecule has 19 heavy (non-hydrogen) atoms. The fourth-order valence-electron chi connectivity index (χ4n) is 1.90. The van der Waals surface area contributed by atoms with Crippen molar-refractivity contribution in [1.29, 1.82) is 0 Å². The molecule has 0 N–H and O–H groups in total. The third-order valence-corrected chi connectivity index (χ3v) is 2.64. The van der Waals surface area contributed by atoms with Crippen molar-refractivity contribution in [3.63, 3.8) is 0 Å². The highest BCUT2D eigenvalue weighted by atomic mass is 16.6. The Hall–Kier alpha value is -2.11. The van der Waals surface area contributed by atoms with Gasteiger partial charge in [0.05, 0.1) is 19.1 Å². The first-order valence-corrected chi connectivity index (χ1v) is 5.84. The maximum atomic E-state index is 11.8. The minimum atomic E-state index is -0.629. The van der Waals surface area contributed by atoms with Crippen molar-refractivity contribution in [2.24, 2.45) is 5.92 Å². The minimum absolute atomic E-state index is 0.0463. The van der Waals surface area contributed by atoms with Crippen LogP contribution in [0.4, 0.5) is 5.69 Å². The molecule has 1 aromatic rings. The van der Waals surface area contributed by atoms with Crippen molar-refractivity contribution in [3.8, 4) is 5.75 Å². The number of carbonyl (C=O) groups excluding carboxylic acids is 1. The van der Waals surface area contributed by atoms with E-state index in [1.54, 1.807) is 6.07 Å². The fraction of sp³-hybridized carbons (Fsp3) is 0.462. The number of rotatable bonds is 5. The molecule has 0 bridgehead atoms. The normalized spacial score (nSPS) is 10.4. The molecule has 0 fully saturated rings. The summed E-state index contributed by atoms with van der Waals surface area (Å²) >= 11 is 0. The monoisotopic (exact) mass is 267 g/mol. The molecule has 0 spiro atoms. The summed E-state index contributed by atoms with van der Waals surface area (Å²) in [5.41, 5.74) is 0.576. The molecule has 0 unspecified atom stereocenters. The van der Waals surface area contributed by atoms with Gasteiger partial charge in [0.25, 0.3) is 0 Å². The van der Waals surface area contributed by atoms with Crippen LogP contribution in [0.5, 0.6) is 5.75 Å². The molecule has 0 aliphatic rings. The zero-order chi connectivity index (χ0) is 14.6. The van der Waals surface area contributed by atoms with Crippen molar-refractivity contribution >= 4 is 11.7 Å². The SMILES string of the molecule is COC(=O)c1c(CC(C)C)ccc([N+](=O)[O-])c1OC. The first-order chi connectivity index (χ1) is 8.92. The first kappa shape index (κ1) is 14.9. The Morgan fingerprint density at radius 2 is 2.00 bits per heavy atom. The predicted octanol–water partition coefficient (Wildman–Crippen LogP) is 2.59. The molecule has 6 heteroatoms. The van der Waals surface area contributed by atoms with Crippen LogP contribution >= 0.6 is 0 Å². The van der Waals surface area contributed by atoms with Gasteiger partial charge in [-0.15, -0.1) is 0 Å². The zero-order valence-electron chi connectivity index (χ0n) is 11.4. The lowest BCUT2D eigenvalue weighted by Crippen LogP contribution is -2.11. The lowest BCUT2D eigenvalue weighted by Gasteiger charge is -2.13. The van der Waals surface area contributed by atoms with Crippen LogP contribution in [0.2, 0.25) is 0 Å². The van der Waals surface area contributed by atoms with Crippen LogP contribution in [0.1, 0.15) is 29.8 Å². The molecule has 0 saturated heterocycles. The second-order valence-corrected chi connectivity index (χ2v) is 4.50. The smallest absolute Gasteiger partial charge is 0.342 e. The van der Waals surface area contributed by atoms with Crippen LogP contribution in [-0.4, -0.2) is 25.1 Å². The highest BCUT2D eigenvalue weighted by Gasteiger charge is 2.27. The Labute approximate surface area is 111 Å². The highest BCUT2D eigenvalue weighted by Crippen LogP contribution is 2.34. The van der Waals surface area contributed by atoms with Crippen LogP contribution < -0.4 is 4.74 Å². The molecule has 1 aromatic carbocycles. The lowest BCUT2D eigenvalue weighted by molar-refractivity contribution is -0.385. The molecule has 1 rings (SSSR count). The van der Waals surface area contributed by atoms with E-state index in [2.05, 4.69) is 0 Å². The third kappa shape index (κ3) is 3.21. The van der Waals surface area contributed by atoms with Crippen LogP contribution in [-0.2, 0) is 11.2 Å². The molecule has 0 radical (unpaired) electrons. The van der Waals surface area contributed by atoms with Gasteiger partial charge in [-0.1, -0.05) is 19.9 Å². The first-order valence-electron chi connectivity index (χ1n) is 5.84. The summed E-state index contributed by atoms with van der Waals surface area (Å²) < 4.78 is 9.73. The number of nitrogens with zero attached hydrogens (tertiary/aromatic N) is 1. The van der Waals surface area contributed by atoms with Crippen molar-refractivity contribution in [3.05, 3.63) is 33.4 Å². The molecule has 6 nitrogen and oxygen atoms in total. The van der Waals surface area contributed by atoms with Gasteiger partial charge in [0.2, 0.25) is 5.75 Å². The minimum Gasteiger partial charge on any atom is -0.490 e. The molecular weight excluding hydrogens is 250 g/mol. The number of hydrogen-bond donors (Lipinski definition) is 0. The quantitative estimate of drug-likeness (QED) is 0.465. The number of ether oxygens (including phenoxy) is 2.